The lowest BCUT2D eigenvalue weighted by atomic mass is 9.90. The second kappa shape index (κ2) is 8.95. The lowest BCUT2D eigenvalue weighted by Crippen LogP contribution is -2.30. The zero-order valence-corrected chi connectivity index (χ0v) is 12.7. The number of ether oxygens (including phenoxy) is 1. The molecule has 4 nitrogen and oxygen atoms in total. The lowest BCUT2D eigenvalue weighted by Gasteiger charge is -2.19. The van der Waals surface area contributed by atoms with Gasteiger partial charge in [0.05, 0.1) is 13.2 Å². The van der Waals surface area contributed by atoms with Crippen LogP contribution in [0.25, 0.3) is 0 Å². The van der Waals surface area contributed by atoms with Gasteiger partial charge >= 0.3 is 0 Å². The average Bonchev–Trinajstić information content (AvgIpc) is 2.44. The predicted octanol–water partition coefficient (Wildman–Crippen LogP) is 2.16. The van der Waals surface area contributed by atoms with Gasteiger partial charge < -0.3 is 15.4 Å². The first-order valence-corrected chi connectivity index (χ1v) is 6.91. The Labute approximate surface area is 126 Å². The molecule has 2 N–H and O–H groups in total. The van der Waals surface area contributed by atoms with E-state index in [0.717, 1.165) is 18.5 Å². The third-order valence-electron chi connectivity index (χ3n) is 3.44. The Morgan fingerprint density at radius 3 is 2.90 bits per heavy atom. The predicted molar refractivity (Wildman–Crippen MR) is 83.7 cm³/mol. The highest BCUT2D eigenvalue weighted by Crippen LogP contribution is 2.27. The van der Waals surface area contributed by atoms with Crippen molar-refractivity contribution in [3.05, 3.63) is 29.3 Å². The molecule has 0 saturated heterocycles. The van der Waals surface area contributed by atoms with Crippen LogP contribution in [0.15, 0.2) is 18.2 Å². The summed E-state index contributed by atoms with van der Waals surface area (Å²) in [5.74, 6) is 0.00933. The van der Waals surface area contributed by atoms with Crippen molar-refractivity contribution in [1.29, 1.82) is 0 Å². The van der Waals surface area contributed by atoms with Crippen LogP contribution < -0.4 is 10.6 Å². The van der Waals surface area contributed by atoms with E-state index in [1.165, 1.54) is 24.0 Å². The van der Waals surface area contributed by atoms with E-state index < -0.39 is 0 Å². The molecule has 1 amide bonds. The van der Waals surface area contributed by atoms with Crippen LogP contribution in [-0.2, 0) is 22.4 Å². The highest BCUT2D eigenvalue weighted by atomic mass is 35.5. The van der Waals surface area contributed by atoms with Crippen molar-refractivity contribution >= 4 is 24.0 Å². The van der Waals surface area contributed by atoms with E-state index in [1.54, 1.807) is 7.11 Å². The molecule has 1 aromatic rings. The van der Waals surface area contributed by atoms with Gasteiger partial charge in [-0.3, -0.25) is 4.79 Å². The van der Waals surface area contributed by atoms with E-state index >= 15 is 0 Å². The van der Waals surface area contributed by atoms with Crippen molar-refractivity contribution in [1.82, 2.24) is 5.32 Å². The quantitative estimate of drug-likeness (QED) is 0.791. The van der Waals surface area contributed by atoms with Crippen LogP contribution >= 0.6 is 12.4 Å². The fraction of sp³-hybridized carbons (Fsp3) is 0.533. The summed E-state index contributed by atoms with van der Waals surface area (Å²) in [6.45, 7) is 1.64. The number of rotatable bonds is 6. The molecule has 0 atom stereocenters. The number of anilines is 1. The molecule has 0 saturated carbocycles. The van der Waals surface area contributed by atoms with Gasteiger partial charge in [0.25, 0.3) is 0 Å². The number of amides is 1. The molecule has 20 heavy (non-hydrogen) atoms. The molecule has 5 heteroatoms. The number of benzene rings is 1. The summed E-state index contributed by atoms with van der Waals surface area (Å²) in [5.41, 5.74) is 3.69. The standard InChI is InChI=1S/C15H22N2O2.ClH/c1-19-10-9-16-11-15(18)17-14-8-4-6-12-5-2-3-7-13(12)14;/h4,6,8,16H,2-3,5,7,9-11H2,1H3,(H,17,18);1H. The Morgan fingerprint density at radius 1 is 1.30 bits per heavy atom. The smallest absolute Gasteiger partial charge is 0.238 e. The number of nitrogens with one attached hydrogen (secondary N) is 2. The van der Waals surface area contributed by atoms with Crippen LogP contribution in [-0.4, -0.2) is 32.7 Å². The number of carbonyl (C=O) groups excluding carboxylic acids is 1. The minimum Gasteiger partial charge on any atom is -0.383 e. The first-order valence-electron chi connectivity index (χ1n) is 6.91. The Hall–Kier alpha value is -1.10. The molecule has 0 fully saturated rings. The summed E-state index contributed by atoms with van der Waals surface area (Å²) >= 11 is 0. The summed E-state index contributed by atoms with van der Waals surface area (Å²) in [6.07, 6.45) is 4.67. The lowest BCUT2D eigenvalue weighted by molar-refractivity contribution is -0.115. The number of hydrogen-bond acceptors (Lipinski definition) is 3. The fourth-order valence-corrected chi connectivity index (χ4v) is 2.47. The van der Waals surface area contributed by atoms with Gasteiger partial charge in [-0.1, -0.05) is 12.1 Å². The average molecular weight is 299 g/mol. The number of aryl methyl sites for hydroxylation is 1. The van der Waals surface area contributed by atoms with Crippen molar-refractivity contribution in [2.24, 2.45) is 0 Å². The maximum atomic E-state index is 11.8. The molecule has 112 valence electrons. The SMILES string of the molecule is COCCNCC(=O)Nc1cccc2c1CCCC2.Cl. The van der Waals surface area contributed by atoms with Crippen molar-refractivity contribution < 1.29 is 9.53 Å². The van der Waals surface area contributed by atoms with Crippen LogP contribution in [0.3, 0.4) is 0 Å². The molecular formula is C15H23ClN2O2. The second-order valence-electron chi connectivity index (χ2n) is 4.87. The molecule has 0 spiro atoms. The highest BCUT2D eigenvalue weighted by Gasteiger charge is 2.14. The number of methoxy groups -OCH3 is 1. The first kappa shape index (κ1) is 17.0. The summed E-state index contributed by atoms with van der Waals surface area (Å²) in [7, 11) is 1.65. The second-order valence-corrected chi connectivity index (χ2v) is 4.87. The monoisotopic (exact) mass is 298 g/mol. The maximum Gasteiger partial charge on any atom is 0.238 e. The number of hydrogen-bond donors (Lipinski definition) is 2. The van der Waals surface area contributed by atoms with Gasteiger partial charge in [0.1, 0.15) is 0 Å². The Balaban J connectivity index is 0.00000200. The zero-order valence-electron chi connectivity index (χ0n) is 11.9. The minimum atomic E-state index is 0. The molecule has 1 aliphatic carbocycles. The number of fused-ring (bicyclic) bond motifs is 1. The maximum absolute atomic E-state index is 11.8. The van der Waals surface area contributed by atoms with E-state index in [-0.39, 0.29) is 18.3 Å². The Morgan fingerprint density at radius 2 is 2.10 bits per heavy atom. The van der Waals surface area contributed by atoms with Crippen molar-refractivity contribution in [3.63, 3.8) is 0 Å². The Bertz CT molecular complexity index is 438. The normalized spacial score (nSPS) is 13.2. The molecule has 0 aromatic heterocycles. The minimum absolute atomic E-state index is 0. The topological polar surface area (TPSA) is 50.4 Å². The van der Waals surface area contributed by atoms with Crippen molar-refractivity contribution in [2.45, 2.75) is 25.7 Å². The molecule has 1 aromatic carbocycles. The van der Waals surface area contributed by atoms with E-state index in [0.29, 0.717) is 19.7 Å². The number of carbonyl (C=O) groups is 1. The van der Waals surface area contributed by atoms with Gasteiger partial charge in [0.2, 0.25) is 5.91 Å². The fourth-order valence-electron chi connectivity index (χ4n) is 2.47. The zero-order chi connectivity index (χ0) is 13.5. The van der Waals surface area contributed by atoms with Crippen LogP contribution in [0.4, 0.5) is 5.69 Å². The largest absolute Gasteiger partial charge is 0.383 e. The summed E-state index contributed by atoms with van der Waals surface area (Å²) in [4.78, 5) is 11.8. The van der Waals surface area contributed by atoms with Gasteiger partial charge in [-0.05, 0) is 42.9 Å². The van der Waals surface area contributed by atoms with Gasteiger partial charge in [0, 0.05) is 19.3 Å². The van der Waals surface area contributed by atoms with E-state index in [1.807, 2.05) is 12.1 Å². The Kier molecular flexibility index (Phi) is 7.59. The molecule has 0 aliphatic heterocycles. The first-order chi connectivity index (χ1) is 9.31. The van der Waals surface area contributed by atoms with Gasteiger partial charge in [-0.15, -0.1) is 12.4 Å². The van der Waals surface area contributed by atoms with Crippen LogP contribution in [0.2, 0.25) is 0 Å². The molecule has 2 rings (SSSR count). The van der Waals surface area contributed by atoms with Crippen LogP contribution in [0, 0.1) is 0 Å². The van der Waals surface area contributed by atoms with E-state index in [2.05, 4.69) is 16.7 Å². The van der Waals surface area contributed by atoms with Crippen molar-refractivity contribution in [2.75, 3.05) is 32.1 Å². The van der Waals surface area contributed by atoms with Gasteiger partial charge in [-0.2, -0.15) is 0 Å². The molecule has 1 aliphatic rings. The van der Waals surface area contributed by atoms with Crippen LogP contribution in [0.5, 0.6) is 0 Å². The highest BCUT2D eigenvalue weighted by molar-refractivity contribution is 5.93. The summed E-state index contributed by atoms with van der Waals surface area (Å²) < 4.78 is 4.92. The molecule has 0 unspecified atom stereocenters. The van der Waals surface area contributed by atoms with E-state index in [9.17, 15) is 4.79 Å². The summed E-state index contributed by atoms with van der Waals surface area (Å²) in [6, 6.07) is 6.19. The third-order valence-corrected chi connectivity index (χ3v) is 3.44. The van der Waals surface area contributed by atoms with E-state index in [4.69, 9.17) is 4.74 Å². The summed E-state index contributed by atoms with van der Waals surface area (Å²) in [5, 5.41) is 6.05. The van der Waals surface area contributed by atoms with Crippen molar-refractivity contribution in [3.8, 4) is 0 Å². The van der Waals surface area contributed by atoms with Crippen LogP contribution in [0.1, 0.15) is 24.0 Å². The number of halogens is 1. The molecule has 0 radical (unpaired) electrons. The van der Waals surface area contributed by atoms with Gasteiger partial charge in [-0.25, -0.2) is 0 Å². The molecule has 0 bridgehead atoms. The van der Waals surface area contributed by atoms with Gasteiger partial charge in [0.15, 0.2) is 0 Å². The third kappa shape index (κ3) is 4.78. The molecule has 0 heterocycles. The molecular weight excluding hydrogens is 276 g/mol.